The van der Waals surface area contributed by atoms with Gasteiger partial charge in [-0.05, 0) is 18.6 Å². The molecule has 19 heavy (non-hydrogen) atoms. The van der Waals surface area contributed by atoms with E-state index in [0.717, 1.165) is 10.9 Å². The van der Waals surface area contributed by atoms with Gasteiger partial charge in [0.2, 0.25) is 6.41 Å². The lowest BCUT2D eigenvalue weighted by Gasteiger charge is -2.05. The Labute approximate surface area is 111 Å². The van der Waals surface area contributed by atoms with Crippen molar-refractivity contribution in [1.82, 2.24) is 15.6 Å². The maximum atomic E-state index is 11.9. The van der Waals surface area contributed by atoms with Crippen LogP contribution in [0.2, 0.25) is 0 Å². The van der Waals surface area contributed by atoms with Gasteiger partial charge in [0.25, 0.3) is 5.91 Å². The molecule has 0 atom stereocenters. The molecule has 1 aromatic carbocycles. The van der Waals surface area contributed by atoms with Crippen LogP contribution < -0.4 is 10.6 Å². The summed E-state index contributed by atoms with van der Waals surface area (Å²) in [6.07, 6.45) is 2.92. The highest BCUT2D eigenvalue weighted by Crippen LogP contribution is 2.12. The lowest BCUT2D eigenvalue weighted by atomic mass is 10.1. The molecule has 0 aliphatic carbocycles. The Morgan fingerprint density at radius 3 is 2.95 bits per heavy atom. The number of carbonyl (C=O) groups is 2. The van der Waals surface area contributed by atoms with Gasteiger partial charge in [0, 0.05) is 24.7 Å². The summed E-state index contributed by atoms with van der Waals surface area (Å²) in [7, 11) is 0. The van der Waals surface area contributed by atoms with Crippen molar-refractivity contribution in [2.45, 2.75) is 6.42 Å². The molecule has 0 saturated carbocycles. The third kappa shape index (κ3) is 3.51. The first-order chi connectivity index (χ1) is 9.31. The lowest BCUT2D eigenvalue weighted by molar-refractivity contribution is -0.109. The van der Waals surface area contributed by atoms with E-state index in [2.05, 4.69) is 15.6 Å². The zero-order valence-corrected chi connectivity index (χ0v) is 10.4. The average molecular weight is 257 g/mol. The summed E-state index contributed by atoms with van der Waals surface area (Å²) >= 11 is 0. The van der Waals surface area contributed by atoms with Crippen molar-refractivity contribution in [3.63, 3.8) is 0 Å². The number of hydrogen-bond acceptors (Lipinski definition) is 3. The second kappa shape index (κ2) is 6.49. The maximum Gasteiger partial charge on any atom is 0.252 e. The molecule has 2 N–H and O–H groups in total. The minimum absolute atomic E-state index is 0.149. The number of fused-ring (bicyclic) bond motifs is 1. The highest BCUT2D eigenvalue weighted by molar-refractivity contribution is 5.97. The van der Waals surface area contributed by atoms with Gasteiger partial charge < -0.3 is 10.6 Å². The van der Waals surface area contributed by atoms with Crippen LogP contribution in [0.4, 0.5) is 0 Å². The fourth-order valence-electron chi connectivity index (χ4n) is 1.75. The number of rotatable bonds is 6. The molecule has 2 amide bonds. The second-order valence-corrected chi connectivity index (χ2v) is 4.10. The van der Waals surface area contributed by atoms with E-state index in [0.29, 0.717) is 31.5 Å². The van der Waals surface area contributed by atoms with Gasteiger partial charge in [-0.1, -0.05) is 18.2 Å². The minimum Gasteiger partial charge on any atom is -0.359 e. The van der Waals surface area contributed by atoms with Crippen LogP contribution in [-0.4, -0.2) is 30.4 Å². The molecular formula is C14H15N3O2. The van der Waals surface area contributed by atoms with Crippen LogP contribution in [0.3, 0.4) is 0 Å². The van der Waals surface area contributed by atoms with Gasteiger partial charge >= 0.3 is 0 Å². The van der Waals surface area contributed by atoms with Crippen molar-refractivity contribution in [3.05, 3.63) is 42.1 Å². The van der Waals surface area contributed by atoms with Crippen LogP contribution in [-0.2, 0) is 4.79 Å². The fourth-order valence-corrected chi connectivity index (χ4v) is 1.75. The highest BCUT2D eigenvalue weighted by atomic mass is 16.1. The first kappa shape index (κ1) is 13.0. The van der Waals surface area contributed by atoms with E-state index in [1.54, 1.807) is 6.20 Å². The van der Waals surface area contributed by atoms with E-state index in [1.807, 2.05) is 30.3 Å². The third-order valence-corrected chi connectivity index (χ3v) is 2.72. The SMILES string of the molecule is O=CNCCCNC(=O)c1cnc2ccccc2c1. The van der Waals surface area contributed by atoms with Crippen molar-refractivity contribution in [3.8, 4) is 0 Å². The second-order valence-electron chi connectivity index (χ2n) is 4.10. The molecule has 0 unspecified atom stereocenters. The molecule has 0 aliphatic heterocycles. The van der Waals surface area contributed by atoms with Crippen LogP contribution in [0.15, 0.2) is 36.5 Å². The number of hydrogen-bond donors (Lipinski definition) is 2. The number of nitrogens with zero attached hydrogens (tertiary/aromatic N) is 1. The molecule has 2 aromatic rings. The lowest BCUT2D eigenvalue weighted by Crippen LogP contribution is -2.27. The van der Waals surface area contributed by atoms with E-state index < -0.39 is 0 Å². The molecule has 0 fully saturated rings. The number of para-hydroxylation sites is 1. The molecule has 0 spiro atoms. The Bertz CT molecular complexity index is 584. The monoisotopic (exact) mass is 257 g/mol. The highest BCUT2D eigenvalue weighted by Gasteiger charge is 2.06. The van der Waals surface area contributed by atoms with Crippen LogP contribution in [0, 0.1) is 0 Å². The Morgan fingerprint density at radius 2 is 2.11 bits per heavy atom. The Morgan fingerprint density at radius 1 is 1.26 bits per heavy atom. The van der Waals surface area contributed by atoms with Crippen molar-refractivity contribution in [2.24, 2.45) is 0 Å². The molecule has 2 rings (SSSR count). The number of pyridine rings is 1. The van der Waals surface area contributed by atoms with Gasteiger partial charge in [-0.25, -0.2) is 0 Å². The number of benzene rings is 1. The summed E-state index contributed by atoms with van der Waals surface area (Å²) in [5.74, 6) is -0.149. The zero-order valence-electron chi connectivity index (χ0n) is 10.4. The van der Waals surface area contributed by atoms with Crippen molar-refractivity contribution >= 4 is 23.2 Å². The van der Waals surface area contributed by atoms with Gasteiger partial charge in [0.1, 0.15) is 0 Å². The maximum absolute atomic E-state index is 11.9. The van der Waals surface area contributed by atoms with Gasteiger partial charge in [0.15, 0.2) is 0 Å². The fraction of sp³-hybridized carbons (Fsp3) is 0.214. The molecule has 0 bridgehead atoms. The van der Waals surface area contributed by atoms with Crippen LogP contribution >= 0.6 is 0 Å². The predicted octanol–water partition coefficient (Wildman–Crippen LogP) is 1.10. The molecular weight excluding hydrogens is 242 g/mol. The summed E-state index contributed by atoms with van der Waals surface area (Å²) in [5, 5.41) is 6.27. The third-order valence-electron chi connectivity index (χ3n) is 2.72. The Hall–Kier alpha value is -2.43. The molecule has 5 nitrogen and oxygen atoms in total. The van der Waals surface area contributed by atoms with Gasteiger partial charge in [0.05, 0.1) is 11.1 Å². The van der Waals surface area contributed by atoms with Crippen LogP contribution in [0.25, 0.3) is 10.9 Å². The molecule has 0 aliphatic rings. The molecule has 1 aromatic heterocycles. The van der Waals surface area contributed by atoms with Crippen LogP contribution in [0.1, 0.15) is 16.8 Å². The quantitative estimate of drug-likeness (QED) is 0.601. The molecule has 5 heteroatoms. The first-order valence-corrected chi connectivity index (χ1v) is 6.11. The molecule has 1 heterocycles. The van der Waals surface area contributed by atoms with Gasteiger partial charge in [-0.3, -0.25) is 14.6 Å². The summed E-state index contributed by atoms with van der Waals surface area (Å²) in [4.78, 5) is 26.2. The molecule has 0 radical (unpaired) electrons. The summed E-state index contributed by atoms with van der Waals surface area (Å²) in [6, 6.07) is 9.47. The summed E-state index contributed by atoms with van der Waals surface area (Å²) < 4.78 is 0. The van der Waals surface area contributed by atoms with E-state index in [1.165, 1.54) is 0 Å². The topological polar surface area (TPSA) is 71.1 Å². The van der Waals surface area contributed by atoms with Crippen molar-refractivity contribution in [2.75, 3.05) is 13.1 Å². The smallest absolute Gasteiger partial charge is 0.252 e. The number of nitrogens with one attached hydrogen (secondary N) is 2. The molecule has 0 saturated heterocycles. The average Bonchev–Trinajstić information content (AvgIpc) is 2.46. The Kier molecular flexibility index (Phi) is 4.44. The van der Waals surface area contributed by atoms with E-state index in [4.69, 9.17) is 0 Å². The number of amides is 2. The number of aromatic nitrogens is 1. The van der Waals surface area contributed by atoms with E-state index in [9.17, 15) is 9.59 Å². The van der Waals surface area contributed by atoms with E-state index >= 15 is 0 Å². The summed E-state index contributed by atoms with van der Waals surface area (Å²) in [6.45, 7) is 1.08. The predicted molar refractivity (Wildman–Crippen MR) is 72.8 cm³/mol. The van der Waals surface area contributed by atoms with Gasteiger partial charge in [-0.15, -0.1) is 0 Å². The zero-order chi connectivity index (χ0) is 13.5. The number of carbonyl (C=O) groups excluding carboxylic acids is 2. The van der Waals surface area contributed by atoms with Crippen molar-refractivity contribution < 1.29 is 9.59 Å². The van der Waals surface area contributed by atoms with Gasteiger partial charge in [-0.2, -0.15) is 0 Å². The first-order valence-electron chi connectivity index (χ1n) is 6.11. The minimum atomic E-state index is -0.149. The molecule has 98 valence electrons. The standard InChI is InChI=1S/C14H15N3O2/c18-10-15-6-3-7-16-14(19)12-8-11-4-1-2-5-13(11)17-9-12/h1-2,4-5,8-10H,3,6-7H2,(H,15,18)(H,16,19). The van der Waals surface area contributed by atoms with Crippen LogP contribution in [0.5, 0.6) is 0 Å². The van der Waals surface area contributed by atoms with E-state index in [-0.39, 0.29) is 5.91 Å². The largest absolute Gasteiger partial charge is 0.359 e. The normalized spacial score (nSPS) is 10.1. The summed E-state index contributed by atoms with van der Waals surface area (Å²) in [5.41, 5.74) is 1.41. The Balaban J connectivity index is 1.95. The van der Waals surface area contributed by atoms with Crippen molar-refractivity contribution in [1.29, 1.82) is 0 Å².